The Morgan fingerprint density at radius 1 is 1.48 bits per heavy atom. The molecular weight excluding hydrogens is 272 g/mol. The van der Waals surface area contributed by atoms with Crippen molar-refractivity contribution in [2.45, 2.75) is 25.8 Å². The molecule has 7 heteroatoms. The van der Waals surface area contributed by atoms with Crippen LogP contribution in [0.1, 0.15) is 28.8 Å². The molecular formula is C14H16N4O3. The topological polar surface area (TPSA) is 95.4 Å². The lowest BCUT2D eigenvalue weighted by atomic mass is 10.1. The van der Waals surface area contributed by atoms with Gasteiger partial charge in [-0.15, -0.1) is 0 Å². The van der Waals surface area contributed by atoms with E-state index in [1.165, 1.54) is 12.0 Å². The number of aryl methyl sites for hydroxylation is 1. The van der Waals surface area contributed by atoms with Gasteiger partial charge >= 0.3 is 5.97 Å². The average Bonchev–Trinajstić information content (AvgIpc) is 2.97. The largest absolute Gasteiger partial charge is 0.467 e. The number of carbonyl (C=O) groups is 2. The molecule has 0 saturated carbocycles. The van der Waals surface area contributed by atoms with Crippen molar-refractivity contribution in [3.8, 4) is 0 Å². The first-order chi connectivity index (χ1) is 10.1. The number of esters is 1. The Labute approximate surface area is 122 Å². The van der Waals surface area contributed by atoms with Crippen LogP contribution in [-0.4, -0.2) is 36.5 Å². The second kappa shape index (κ2) is 6.28. The highest BCUT2D eigenvalue weighted by Gasteiger charge is 2.35. The zero-order valence-corrected chi connectivity index (χ0v) is 11.9. The Bertz CT molecular complexity index is 623. The minimum absolute atomic E-state index is 0.267. The molecule has 1 aliphatic rings. The molecule has 0 aromatic heterocycles. The highest BCUT2D eigenvalue weighted by atomic mass is 16.5. The SMILES string of the molecule is COC(=O)[C@@H]1CCCN1C(=O)c1cc(C)ccc1N=[N+]=[N-]. The van der Waals surface area contributed by atoms with E-state index in [0.717, 1.165) is 12.0 Å². The van der Waals surface area contributed by atoms with Crippen LogP contribution in [0.3, 0.4) is 0 Å². The zero-order chi connectivity index (χ0) is 15.4. The summed E-state index contributed by atoms with van der Waals surface area (Å²) in [5.41, 5.74) is 10.1. The number of benzene rings is 1. The normalized spacial score (nSPS) is 17.2. The average molecular weight is 288 g/mol. The molecule has 0 aliphatic carbocycles. The van der Waals surface area contributed by atoms with Gasteiger partial charge in [0.05, 0.1) is 12.8 Å². The predicted octanol–water partition coefficient (Wildman–Crippen LogP) is 2.71. The monoisotopic (exact) mass is 288 g/mol. The van der Waals surface area contributed by atoms with Crippen molar-refractivity contribution in [2.24, 2.45) is 5.11 Å². The van der Waals surface area contributed by atoms with Crippen molar-refractivity contribution < 1.29 is 14.3 Å². The molecule has 1 saturated heterocycles. The molecule has 1 aliphatic heterocycles. The summed E-state index contributed by atoms with van der Waals surface area (Å²) in [6, 6.07) is 4.47. The van der Waals surface area contributed by atoms with Crippen LogP contribution < -0.4 is 0 Å². The van der Waals surface area contributed by atoms with Crippen molar-refractivity contribution in [3.63, 3.8) is 0 Å². The van der Waals surface area contributed by atoms with Gasteiger partial charge in [-0.05, 0) is 31.4 Å². The van der Waals surface area contributed by atoms with Crippen molar-refractivity contribution in [3.05, 3.63) is 39.8 Å². The van der Waals surface area contributed by atoms with Gasteiger partial charge in [0.1, 0.15) is 6.04 Å². The standard InChI is InChI=1S/C14H16N4O3/c1-9-5-6-11(16-17-15)10(8-9)13(19)18-7-3-4-12(18)14(20)21-2/h5-6,8,12H,3-4,7H2,1-2H3/t12-/m0/s1. The molecule has 7 nitrogen and oxygen atoms in total. The van der Waals surface area contributed by atoms with Crippen molar-refractivity contribution >= 4 is 17.6 Å². The maximum Gasteiger partial charge on any atom is 0.328 e. The van der Waals surface area contributed by atoms with E-state index in [9.17, 15) is 9.59 Å². The van der Waals surface area contributed by atoms with Gasteiger partial charge in [0.15, 0.2) is 0 Å². The Hall–Kier alpha value is -2.53. The number of hydrogen-bond donors (Lipinski definition) is 0. The van der Waals surface area contributed by atoms with Crippen molar-refractivity contribution in [2.75, 3.05) is 13.7 Å². The fourth-order valence-electron chi connectivity index (χ4n) is 2.50. The van der Waals surface area contributed by atoms with Crippen LogP contribution in [0.5, 0.6) is 0 Å². The van der Waals surface area contributed by atoms with E-state index in [1.807, 2.05) is 6.92 Å². The summed E-state index contributed by atoms with van der Waals surface area (Å²) >= 11 is 0. The fraction of sp³-hybridized carbons (Fsp3) is 0.429. The van der Waals surface area contributed by atoms with Crippen LogP contribution >= 0.6 is 0 Å². The molecule has 1 heterocycles. The zero-order valence-electron chi connectivity index (χ0n) is 11.9. The molecule has 1 aromatic rings. The third-order valence-electron chi connectivity index (χ3n) is 3.52. The molecule has 21 heavy (non-hydrogen) atoms. The Balaban J connectivity index is 2.37. The first-order valence-corrected chi connectivity index (χ1v) is 6.63. The lowest BCUT2D eigenvalue weighted by molar-refractivity contribution is -0.145. The molecule has 0 spiro atoms. The minimum Gasteiger partial charge on any atom is -0.467 e. The summed E-state index contributed by atoms with van der Waals surface area (Å²) in [6.45, 7) is 2.33. The maximum atomic E-state index is 12.7. The lowest BCUT2D eigenvalue weighted by Crippen LogP contribution is -2.41. The van der Waals surface area contributed by atoms with E-state index >= 15 is 0 Å². The number of likely N-dealkylation sites (tertiary alicyclic amines) is 1. The van der Waals surface area contributed by atoms with Gasteiger partial charge in [-0.3, -0.25) is 4.79 Å². The Morgan fingerprint density at radius 2 is 2.24 bits per heavy atom. The van der Waals surface area contributed by atoms with E-state index < -0.39 is 12.0 Å². The van der Waals surface area contributed by atoms with E-state index in [0.29, 0.717) is 18.5 Å². The smallest absolute Gasteiger partial charge is 0.328 e. The van der Waals surface area contributed by atoms with Gasteiger partial charge in [-0.2, -0.15) is 0 Å². The number of carbonyl (C=O) groups excluding carboxylic acids is 2. The van der Waals surface area contributed by atoms with Crippen LogP contribution in [0.25, 0.3) is 10.4 Å². The van der Waals surface area contributed by atoms with Crippen LogP contribution in [-0.2, 0) is 9.53 Å². The molecule has 1 aromatic carbocycles. The first-order valence-electron chi connectivity index (χ1n) is 6.63. The molecule has 110 valence electrons. The summed E-state index contributed by atoms with van der Waals surface area (Å²) < 4.78 is 4.74. The van der Waals surface area contributed by atoms with E-state index in [-0.39, 0.29) is 11.6 Å². The van der Waals surface area contributed by atoms with Gasteiger partial charge in [-0.1, -0.05) is 22.8 Å². The summed E-state index contributed by atoms with van der Waals surface area (Å²) in [7, 11) is 1.31. The number of ether oxygens (including phenoxy) is 1. The molecule has 2 rings (SSSR count). The highest BCUT2D eigenvalue weighted by Crippen LogP contribution is 2.27. The third-order valence-corrected chi connectivity index (χ3v) is 3.52. The van der Waals surface area contributed by atoms with E-state index in [1.54, 1.807) is 18.2 Å². The van der Waals surface area contributed by atoms with Gasteiger partial charge < -0.3 is 9.64 Å². The highest BCUT2D eigenvalue weighted by molar-refractivity contribution is 6.01. The second-order valence-electron chi connectivity index (χ2n) is 4.89. The Morgan fingerprint density at radius 3 is 2.90 bits per heavy atom. The molecule has 1 atom stereocenters. The molecule has 0 bridgehead atoms. The summed E-state index contributed by atoms with van der Waals surface area (Å²) in [6.07, 6.45) is 1.33. The summed E-state index contributed by atoms with van der Waals surface area (Å²) in [5.74, 6) is -0.729. The number of azide groups is 1. The van der Waals surface area contributed by atoms with Crippen molar-refractivity contribution in [1.29, 1.82) is 0 Å². The molecule has 0 N–H and O–H groups in total. The fourth-order valence-corrected chi connectivity index (χ4v) is 2.50. The summed E-state index contributed by atoms with van der Waals surface area (Å²) in [4.78, 5) is 28.6. The maximum absolute atomic E-state index is 12.7. The van der Waals surface area contributed by atoms with Crippen LogP contribution in [0.2, 0.25) is 0 Å². The predicted molar refractivity (Wildman–Crippen MR) is 76.1 cm³/mol. The minimum atomic E-state index is -0.568. The molecule has 1 fully saturated rings. The number of rotatable bonds is 3. The first kappa shape index (κ1) is 14.9. The number of methoxy groups -OCH3 is 1. The van der Waals surface area contributed by atoms with Gasteiger partial charge in [-0.25, -0.2) is 4.79 Å². The molecule has 1 amide bonds. The van der Waals surface area contributed by atoms with Crippen LogP contribution in [0, 0.1) is 6.92 Å². The van der Waals surface area contributed by atoms with Gasteiger partial charge in [0.2, 0.25) is 0 Å². The van der Waals surface area contributed by atoms with Crippen LogP contribution in [0.15, 0.2) is 23.3 Å². The Kier molecular flexibility index (Phi) is 4.45. The number of nitrogens with zero attached hydrogens (tertiary/aromatic N) is 4. The van der Waals surface area contributed by atoms with Crippen molar-refractivity contribution in [1.82, 2.24) is 4.90 Å². The summed E-state index contributed by atoms with van der Waals surface area (Å²) in [5, 5.41) is 3.55. The van der Waals surface area contributed by atoms with E-state index in [2.05, 4.69) is 10.0 Å². The second-order valence-corrected chi connectivity index (χ2v) is 4.89. The third kappa shape index (κ3) is 2.98. The quantitative estimate of drug-likeness (QED) is 0.370. The molecule has 0 radical (unpaired) electrons. The lowest BCUT2D eigenvalue weighted by Gasteiger charge is -2.23. The van der Waals surface area contributed by atoms with Gasteiger partial charge in [0, 0.05) is 17.0 Å². The number of hydrogen-bond acceptors (Lipinski definition) is 4. The molecule has 0 unspecified atom stereocenters. The van der Waals surface area contributed by atoms with Gasteiger partial charge in [0.25, 0.3) is 5.91 Å². The number of amides is 1. The van der Waals surface area contributed by atoms with E-state index in [4.69, 9.17) is 10.3 Å². The van der Waals surface area contributed by atoms with Crippen LogP contribution in [0.4, 0.5) is 5.69 Å².